The maximum atomic E-state index is 5.31. The van der Waals surface area contributed by atoms with Gasteiger partial charge in [-0.25, -0.2) is 15.0 Å². The predicted molar refractivity (Wildman–Crippen MR) is 244 cm³/mol. The van der Waals surface area contributed by atoms with Crippen molar-refractivity contribution in [3.05, 3.63) is 225 Å². The van der Waals surface area contributed by atoms with Gasteiger partial charge in [0, 0.05) is 41.5 Å². The summed E-state index contributed by atoms with van der Waals surface area (Å²) in [4.78, 5) is 24.1. The fourth-order valence-electron chi connectivity index (χ4n) is 7.59. The molecule has 5 heteroatoms. The highest BCUT2D eigenvalue weighted by Crippen LogP contribution is 2.37. The molecule has 0 amide bonds. The molecule has 282 valence electrons. The molecule has 60 heavy (non-hydrogen) atoms. The highest BCUT2D eigenvalue weighted by atomic mass is 15.0. The summed E-state index contributed by atoms with van der Waals surface area (Å²) in [5.74, 6) is 1.80. The Hall–Kier alpha value is -8.15. The first-order valence-electron chi connectivity index (χ1n) is 20.0. The fraction of sp³-hybridized carbons (Fsp3) is 0. The molecule has 10 rings (SSSR count). The van der Waals surface area contributed by atoms with E-state index in [0.29, 0.717) is 17.5 Å². The molecule has 0 bridgehead atoms. The third-order valence-corrected chi connectivity index (χ3v) is 10.7. The van der Waals surface area contributed by atoms with Crippen molar-refractivity contribution >= 4 is 0 Å². The van der Waals surface area contributed by atoms with Crippen LogP contribution in [0.1, 0.15) is 0 Å². The summed E-state index contributed by atoms with van der Waals surface area (Å²) in [7, 11) is 0. The van der Waals surface area contributed by atoms with Gasteiger partial charge in [0.2, 0.25) is 0 Å². The summed E-state index contributed by atoms with van der Waals surface area (Å²) in [6.07, 6.45) is 7.30. The maximum absolute atomic E-state index is 5.31. The number of rotatable bonds is 9. The Bertz CT molecular complexity index is 2840. The molecule has 0 aliphatic carbocycles. The summed E-state index contributed by atoms with van der Waals surface area (Å²) >= 11 is 0. The first-order chi connectivity index (χ1) is 29.7. The molecule has 0 unspecified atom stereocenters. The van der Waals surface area contributed by atoms with E-state index in [4.69, 9.17) is 15.0 Å². The highest BCUT2D eigenvalue weighted by molar-refractivity contribution is 5.84. The van der Waals surface area contributed by atoms with Crippen molar-refractivity contribution in [3.8, 4) is 101 Å². The Labute approximate surface area is 349 Å². The number of hydrogen-bond acceptors (Lipinski definition) is 5. The van der Waals surface area contributed by atoms with E-state index in [1.165, 1.54) is 0 Å². The lowest BCUT2D eigenvalue weighted by molar-refractivity contribution is 1.07. The molecule has 0 aliphatic rings. The second kappa shape index (κ2) is 16.4. The van der Waals surface area contributed by atoms with Crippen LogP contribution in [-0.2, 0) is 0 Å². The van der Waals surface area contributed by atoms with Crippen LogP contribution in [0.3, 0.4) is 0 Å². The van der Waals surface area contributed by atoms with Crippen LogP contribution in [0, 0.1) is 0 Å². The maximum Gasteiger partial charge on any atom is 0.164 e. The molecule has 10 aromatic rings. The number of aromatic nitrogens is 5. The second-order valence-electron chi connectivity index (χ2n) is 14.6. The quantitative estimate of drug-likeness (QED) is 0.146. The van der Waals surface area contributed by atoms with Crippen molar-refractivity contribution in [3.63, 3.8) is 0 Å². The predicted octanol–water partition coefficient (Wildman–Crippen LogP) is 13.7. The van der Waals surface area contributed by atoms with E-state index >= 15 is 0 Å². The van der Waals surface area contributed by atoms with Crippen molar-refractivity contribution in [1.82, 2.24) is 24.9 Å². The van der Waals surface area contributed by atoms with Gasteiger partial charge < -0.3 is 0 Å². The van der Waals surface area contributed by atoms with E-state index in [1.807, 2.05) is 79.4 Å². The third kappa shape index (κ3) is 7.76. The van der Waals surface area contributed by atoms with Crippen LogP contribution in [0.5, 0.6) is 0 Å². The van der Waals surface area contributed by atoms with Gasteiger partial charge >= 0.3 is 0 Å². The van der Waals surface area contributed by atoms with Gasteiger partial charge in [-0.3, -0.25) is 9.97 Å². The van der Waals surface area contributed by atoms with Gasteiger partial charge in [-0.2, -0.15) is 0 Å². The van der Waals surface area contributed by atoms with Crippen LogP contribution >= 0.6 is 0 Å². The average molecular weight is 768 g/mol. The van der Waals surface area contributed by atoms with Crippen molar-refractivity contribution in [2.24, 2.45) is 0 Å². The molecule has 0 atom stereocenters. The number of hydrogen-bond donors (Lipinski definition) is 0. The Balaban J connectivity index is 1.14. The topological polar surface area (TPSA) is 64.5 Å². The van der Waals surface area contributed by atoms with Crippen molar-refractivity contribution in [1.29, 1.82) is 0 Å². The minimum atomic E-state index is 0.597. The molecule has 0 radical (unpaired) electrons. The Kier molecular flexibility index (Phi) is 9.88. The van der Waals surface area contributed by atoms with Crippen LogP contribution in [0.25, 0.3) is 101 Å². The molecule has 0 N–H and O–H groups in total. The smallest absolute Gasteiger partial charge is 0.164 e. The molecule has 5 nitrogen and oxygen atoms in total. The minimum absolute atomic E-state index is 0.597. The first-order valence-corrected chi connectivity index (χ1v) is 20.0. The van der Waals surface area contributed by atoms with Crippen LogP contribution in [0.15, 0.2) is 225 Å². The highest BCUT2D eigenvalue weighted by Gasteiger charge is 2.17. The fourth-order valence-corrected chi connectivity index (χ4v) is 7.59. The molecule has 3 aromatic heterocycles. The lowest BCUT2D eigenvalue weighted by atomic mass is 9.94. The summed E-state index contributed by atoms with van der Waals surface area (Å²) in [6.45, 7) is 0. The monoisotopic (exact) mass is 767 g/mol. The van der Waals surface area contributed by atoms with Crippen LogP contribution in [0.2, 0.25) is 0 Å². The number of pyridine rings is 2. The molecule has 7 aromatic carbocycles. The molecule has 0 spiro atoms. The van der Waals surface area contributed by atoms with Crippen molar-refractivity contribution in [2.45, 2.75) is 0 Å². The third-order valence-electron chi connectivity index (χ3n) is 10.7. The van der Waals surface area contributed by atoms with Gasteiger partial charge in [0.15, 0.2) is 17.5 Å². The zero-order valence-electron chi connectivity index (χ0n) is 32.6. The standard InChI is InChI=1S/C55H37N5/c1-4-10-38(11-5-1)47-32-49(42-20-16-40(17-21-42)44-24-28-56-29-25-44)36-51(34-47)54-58-53(46-14-8-3-9-15-46)59-55(60-54)52-35-48(39-12-6-2-7-13-39)33-50(37-52)43-22-18-41(19-23-43)45-26-30-57-31-27-45/h1-37H. The van der Waals surface area contributed by atoms with Gasteiger partial charge in [0.1, 0.15) is 0 Å². The lowest BCUT2D eigenvalue weighted by Crippen LogP contribution is -2.01. The molecule has 0 aliphatic heterocycles. The number of nitrogens with zero attached hydrogens (tertiary/aromatic N) is 5. The van der Waals surface area contributed by atoms with E-state index in [9.17, 15) is 0 Å². The van der Waals surface area contributed by atoms with Crippen molar-refractivity contribution < 1.29 is 0 Å². The van der Waals surface area contributed by atoms with E-state index in [1.54, 1.807) is 0 Å². The summed E-state index contributed by atoms with van der Waals surface area (Å²) in [5, 5.41) is 0. The molecular formula is C55H37N5. The largest absolute Gasteiger partial charge is 0.265 e. The van der Waals surface area contributed by atoms with Crippen LogP contribution in [0.4, 0.5) is 0 Å². The minimum Gasteiger partial charge on any atom is -0.265 e. The van der Waals surface area contributed by atoms with Gasteiger partial charge in [0.25, 0.3) is 0 Å². The molecule has 3 heterocycles. The summed E-state index contributed by atoms with van der Waals surface area (Å²) in [5.41, 5.74) is 16.0. The Morgan fingerprint density at radius 2 is 0.417 bits per heavy atom. The zero-order valence-corrected chi connectivity index (χ0v) is 32.6. The van der Waals surface area contributed by atoms with E-state index in [0.717, 1.165) is 83.5 Å². The normalized spacial score (nSPS) is 11.0. The van der Waals surface area contributed by atoms with Gasteiger partial charge in [0.05, 0.1) is 0 Å². The Morgan fingerprint density at radius 1 is 0.183 bits per heavy atom. The van der Waals surface area contributed by atoms with E-state index < -0.39 is 0 Å². The molecule has 0 fully saturated rings. The summed E-state index contributed by atoms with van der Waals surface area (Å²) < 4.78 is 0. The van der Waals surface area contributed by atoms with E-state index in [-0.39, 0.29) is 0 Å². The SMILES string of the molecule is c1ccc(-c2cc(-c3ccc(-c4ccncc4)cc3)cc(-c3nc(-c4ccccc4)nc(-c4cc(-c5ccccc5)cc(-c5ccc(-c6ccncc6)cc5)c4)n3)c2)cc1. The van der Waals surface area contributed by atoms with Crippen molar-refractivity contribution in [2.75, 3.05) is 0 Å². The van der Waals surface area contributed by atoms with Gasteiger partial charge in [-0.05, 0) is 127 Å². The lowest BCUT2D eigenvalue weighted by Gasteiger charge is -2.14. The van der Waals surface area contributed by atoms with E-state index in [2.05, 4.69) is 156 Å². The van der Waals surface area contributed by atoms with Gasteiger partial charge in [-0.1, -0.05) is 140 Å². The van der Waals surface area contributed by atoms with Crippen LogP contribution < -0.4 is 0 Å². The first kappa shape index (κ1) is 36.2. The molecule has 0 saturated carbocycles. The molecule has 0 saturated heterocycles. The second-order valence-corrected chi connectivity index (χ2v) is 14.6. The average Bonchev–Trinajstić information content (AvgIpc) is 3.35. The van der Waals surface area contributed by atoms with Gasteiger partial charge in [-0.15, -0.1) is 0 Å². The molecular weight excluding hydrogens is 731 g/mol. The summed E-state index contributed by atoms with van der Waals surface area (Å²) in [6, 6.07) is 69.9. The van der Waals surface area contributed by atoms with Crippen LogP contribution in [-0.4, -0.2) is 24.9 Å². The Morgan fingerprint density at radius 3 is 0.750 bits per heavy atom. The number of benzene rings is 7. The zero-order chi connectivity index (χ0) is 40.1.